The largest absolute Gasteiger partial charge is 0.325 e. The lowest BCUT2D eigenvalue weighted by Crippen LogP contribution is -2.42. The summed E-state index contributed by atoms with van der Waals surface area (Å²) >= 11 is 0. The molecule has 0 spiro atoms. The molecule has 3 aromatic carbocycles. The van der Waals surface area contributed by atoms with Gasteiger partial charge in [0.1, 0.15) is 12.1 Å². The topological polar surface area (TPSA) is 113 Å². The molecule has 1 aliphatic rings. The van der Waals surface area contributed by atoms with Crippen LogP contribution in [0, 0.1) is 0 Å². The van der Waals surface area contributed by atoms with Gasteiger partial charge in [-0.15, -0.1) is 0 Å². The lowest BCUT2D eigenvalue weighted by Gasteiger charge is -2.24. The number of rotatable bonds is 5. The number of sulfone groups is 1. The van der Waals surface area contributed by atoms with Crippen molar-refractivity contribution in [3.05, 3.63) is 72.3 Å². The van der Waals surface area contributed by atoms with Crippen molar-refractivity contribution in [3.8, 4) is 0 Å². The Balaban J connectivity index is 1.53. The Morgan fingerprint density at radius 2 is 1.66 bits per heavy atom. The number of amides is 4. The van der Waals surface area contributed by atoms with Gasteiger partial charge in [0, 0.05) is 11.9 Å². The van der Waals surface area contributed by atoms with Gasteiger partial charge in [0.15, 0.2) is 9.84 Å². The van der Waals surface area contributed by atoms with Crippen molar-refractivity contribution in [1.29, 1.82) is 0 Å². The average Bonchev–Trinajstić information content (AvgIpc) is 2.97. The fraction of sp³-hybridized carbons (Fsp3) is 0.174. The SMILES string of the molecule is CC1(c2cccc3ccccc23)NC(=O)N(CC(=O)Nc2ccc(S(C)(=O)=O)cc2)C1=O. The summed E-state index contributed by atoms with van der Waals surface area (Å²) < 4.78 is 23.1. The van der Waals surface area contributed by atoms with Crippen LogP contribution in [0.15, 0.2) is 71.6 Å². The molecule has 2 N–H and O–H groups in total. The number of hydrogen-bond donors (Lipinski definition) is 2. The number of fused-ring (bicyclic) bond motifs is 1. The van der Waals surface area contributed by atoms with Crippen molar-refractivity contribution in [2.24, 2.45) is 0 Å². The molecule has 1 fully saturated rings. The fourth-order valence-electron chi connectivity index (χ4n) is 3.81. The Kier molecular flexibility index (Phi) is 5.21. The van der Waals surface area contributed by atoms with Gasteiger partial charge in [-0.3, -0.25) is 14.5 Å². The third-order valence-electron chi connectivity index (χ3n) is 5.47. The molecule has 4 amide bonds. The minimum absolute atomic E-state index is 0.121. The number of nitrogens with one attached hydrogen (secondary N) is 2. The van der Waals surface area contributed by atoms with Crippen LogP contribution in [0.2, 0.25) is 0 Å². The molecule has 0 aliphatic carbocycles. The molecule has 1 atom stereocenters. The minimum Gasteiger partial charge on any atom is -0.325 e. The zero-order valence-electron chi connectivity index (χ0n) is 17.5. The molecular weight excluding hydrogens is 430 g/mol. The number of hydrogen-bond acceptors (Lipinski definition) is 5. The number of imide groups is 1. The number of anilines is 1. The molecule has 9 heteroatoms. The molecule has 0 aromatic heterocycles. The van der Waals surface area contributed by atoms with Crippen molar-refractivity contribution >= 4 is 44.1 Å². The normalized spacial score (nSPS) is 18.6. The fourth-order valence-corrected chi connectivity index (χ4v) is 4.44. The highest BCUT2D eigenvalue weighted by Gasteiger charge is 2.50. The van der Waals surface area contributed by atoms with Crippen LogP contribution in [0.5, 0.6) is 0 Å². The lowest BCUT2D eigenvalue weighted by molar-refractivity contribution is -0.133. The highest BCUT2D eigenvalue weighted by molar-refractivity contribution is 7.90. The smallest absolute Gasteiger partial charge is 0.325 e. The average molecular weight is 452 g/mol. The van der Waals surface area contributed by atoms with Crippen LogP contribution in [0.1, 0.15) is 12.5 Å². The number of nitrogens with zero attached hydrogens (tertiary/aromatic N) is 1. The Bertz CT molecular complexity index is 1350. The van der Waals surface area contributed by atoms with Gasteiger partial charge in [0.05, 0.1) is 4.90 Å². The number of carbonyl (C=O) groups excluding carboxylic acids is 3. The summed E-state index contributed by atoms with van der Waals surface area (Å²) in [4.78, 5) is 39.3. The zero-order chi connectivity index (χ0) is 23.1. The summed E-state index contributed by atoms with van der Waals surface area (Å²) in [6.45, 7) is 1.15. The summed E-state index contributed by atoms with van der Waals surface area (Å²) in [5.74, 6) is -1.11. The van der Waals surface area contributed by atoms with Crippen LogP contribution in [-0.4, -0.2) is 44.0 Å². The summed E-state index contributed by atoms with van der Waals surface area (Å²) in [6, 6.07) is 18.0. The third kappa shape index (κ3) is 3.82. The molecule has 0 saturated carbocycles. The van der Waals surface area contributed by atoms with Gasteiger partial charge in [-0.25, -0.2) is 13.2 Å². The lowest BCUT2D eigenvalue weighted by atomic mass is 9.88. The van der Waals surface area contributed by atoms with Gasteiger partial charge in [0.2, 0.25) is 5.91 Å². The second-order valence-corrected chi connectivity index (χ2v) is 9.83. The summed E-state index contributed by atoms with van der Waals surface area (Å²) in [7, 11) is -3.35. The van der Waals surface area contributed by atoms with Gasteiger partial charge in [-0.05, 0) is 47.5 Å². The predicted molar refractivity (Wildman–Crippen MR) is 120 cm³/mol. The molecule has 32 heavy (non-hydrogen) atoms. The van der Waals surface area contributed by atoms with Crippen molar-refractivity contribution in [2.75, 3.05) is 18.1 Å². The Morgan fingerprint density at radius 3 is 2.34 bits per heavy atom. The molecule has 1 unspecified atom stereocenters. The predicted octanol–water partition coefficient (Wildman–Crippen LogP) is 2.65. The highest BCUT2D eigenvalue weighted by Crippen LogP contribution is 2.33. The molecule has 0 bridgehead atoms. The van der Waals surface area contributed by atoms with E-state index in [0.717, 1.165) is 21.9 Å². The Hall–Kier alpha value is -3.72. The Morgan fingerprint density at radius 1 is 1.00 bits per heavy atom. The van der Waals surface area contributed by atoms with E-state index in [4.69, 9.17) is 0 Å². The van der Waals surface area contributed by atoms with Gasteiger partial charge in [-0.1, -0.05) is 42.5 Å². The second-order valence-electron chi connectivity index (χ2n) is 7.82. The molecule has 8 nitrogen and oxygen atoms in total. The molecule has 3 aromatic rings. The molecule has 164 valence electrons. The first-order chi connectivity index (χ1) is 15.1. The van der Waals surface area contributed by atoms with Gasteiger partial charge >= 0.3 is 6.03 Å². The standard InChI is InChI=1S/C23H21N3O5S/c1-23(19-9-5-7-15-6-3-4-8-18(15)19)21(28)26(22(29)25-23)14-20(27)24-16-10-12-17(13-11-16)32(2,30)31/h3-13H,14H2,1-2H3,(H,24,27)(H,25,29). The van der Waals surface area contributed by atoms with Crippen molar-refractivity contribution < 1.29 is 22.8 Å². The quantitative estimate of drug-likeness (QED) is 0.579. The van der Waals surface area contributed by atoms with Crippen LogP contribution in [0.25, 0.3) is 10.8 Å². The van der Waals surface area contributed by atoms with E-state index in [-0.39, 0.29) is 4.90 Å². The van der Waals surface area contributed by atoms with E-state index in [2.05, 4.69) is 10.6 Å². The molecule has 1 saturated heterocycles. The maximum Gasteiger partial charge on any atom is 0.325 e. The van der Waals surface area contributed by atoms with E-state index >= 15 is 0 Å². The van der Waals surface area contributed by atoms with E-state index < -0.39 is 39.8 Å². The number of carbonyl (C=O) groups is 3. The molecule has 4 rings (SSSR count). The van der Waals surface area contributed by atoms with E-state index in [1.165, 1.54) is 24.3 Å². The van der Waals surface area contributed by atoms with Crippen molar-refractivity contribution in [3.63, 3.8) is 0 Å². The second kappa shape index (κ2) is 7.76. The van der Waals surface area contributed by atoms with Gasteiger partial charge < -0.3 is 10.6 Å². The number of benzene rings is 3. The van der Waals surface area contributed by atoms with E-state index in [1.54, 1.807) is 13.0 Å². The maximum absolute atomic E-state index is 13.2. The molecule has 1 aliphatic heterocycles. The van der Waals surface area contributed by atoms with Crippen LogP contribution in [-0.2, 0) is 25.0 Å². The maximum atomic E-state index is 13.2. The van der Waals surface area contributed by atoms with Crippen molar-refractivity contribution in [1.82, 2.24) is 10.2 Å². The van der Waals surface area contributed by atoms with Crippen molar-refractivity contribution in [2.45, 2.75) is 17.4 Å². The number of urea groups is 1. The molecular formula is C23H21N3O5S. The van der Waals surface area contributed by atoms with Crippen LogP contribution in [0.4, 0.5) is 10.5 Å². The minimum atomic E-state index is -3.35. The first-order valence-corrected chi connectivity index (χ1v) is 11.7. The van der Waals surface area contributed by atoms with E-state index in [9.17, 15) is 22.8 Å². The van der Waals surface area contributed by atoms with Gasteiger partial charge in [-0.2, -0.15) is 0 Å². The van der Waals surface area contributed by atoms with E-state index in [1.807, 2.05) is 36.4 Å². The van der Waals surface area contributed by atoms with Gasteiger partial charge in [0.25, 0.3) is 5.91 Å². The highest BCUT2D eigenvalue weighted by atomic mass is 32.2. The zero-order valence-corrected chi connectivity index (χ0v) is 18.3. The van der Waals surface area contributed by atoms with Crippen LogP contribution in [0.3, 0.4) is 0 Å². The third-order valence-corrected chi connectivity index (χ3v) is 6.60. The molecule has 1 heterocycles. The van der Waals surface area contributed by atoms with E-state index in [0.29, 0.717) is 11.3 Å². The Labute approximate surface area is 185 Å². The first kappa shape index (κ1) is 21.5. The first-order valence-electron chi connectivity index (χ1n) is 9.82. The molecule has 0 radical (unpaired) electrons. The van der Waals surface area contributed by atoms with Crippen LogP contribution >= 0.6 is 0 Å². The summed E-state index contributed by atoms with van der Waals surface area (Å²) in [6.07, 6.45) is 1.09. The monoisotopic (exact) mass is 451 g/mol. The summed E-state index contributed by atoms with van der Waals surface area (Å²) in [5, 5.41) is 7.07. The van der Waals surface area contributed by atoms with Crippen LogP contribution < -0.4 is 10.6 Å². The summed E-state index contributed by atoms with van der Waals surface area (Å²) in [5.41, 5.74) is -0.311.